The number of likely N-dealkylation sites (N-methyl/N-ethyl adjacent to an activating group) is 1. The lowest BCUT2D eigenvalue weighted by Crippen LogP contribution is -2.27. The Kier molecular flexibility index (Phi) is 4.69. The van der Waals surface area contributed by atoms with Gasteiger partial charge in [0.1, 0.15) is 15.5 Å². The van der Waals surface area contributed by atoms with Crippen LogP contribution in [0.3, 0.4) is 0 Å². The van der Waals surface area contributed by atoms with Crippen molar-refractivity contribution in [3.05, 3.63) is 57.9 Å². The van der Waals surface area contributed by atoms with E-state index in [9.17, 15) is 9.90 Å². The van der Waals surface area contributed by atoms with Crippen molar-refractivity contribution in [2.24, 2.45) is 0 Å². The van der Waals surface area contributed by atoms with Crippen molar-refractivity contribution in [1.82, 2.24) is 9.88 Å². The number of aromatic nitrogens is 1. The third-order valence-corrected chi connectivity index (χ3v) is 7.31. The van der Waals surface area contributed by atoms with E-state index in [4.69, 9.17) is 10.7 Å². The summed E-state index contributed by atoms with van der Waals surface area (Å²) < 4.78 is 0. The molecule has 0 saturated heterocycles. The van der Waals surface area contributed by atoms with Gasteiger partial charge in [0.25, 0.3) is 5.91 Å². The summed E-state index contributed by atoms with van der Waals surface area (Å²) in [5, 5.41) is 15.2. The molecule has 0 spiro atoms. The number of carbonyl (C=O) groups is 1. The van der Waals surface area contributed by atoms with Crippen molar-refractivity contribution in [2.45, 2.75) is 13.0 Å². The molecule has 0 atom stereocenters. The van der Waals surface area contributed by atoms with E-state index in [1.54, 1.807) is 23.5 Å². The summed E-state index contributed by atoms with van der Waals surface area (Å²) >= 11 is 3.01. The van der Waals surface area contributed by atoms with Crippen molar-refractivity contribution in [3.63, 3.8) is 0 Å². The van der Waals surface area contributed by atoms with E-state index >= 15 is 0 Å². The van der Waals surface area contributed by atoms with Crippen LogP contribution >= 0.6 is 22.7 Å². The minimum Gasteiger partial charge on any atom is -0.508 e. The van der Waals surface area contributed by atoms with Crippen molar-refractivity contribution < 1.29 is 9.90 Å². The molecule has 152 valence electrons. The summed E-state index contributed by atoms with van der Waals surface area (Å²) in [4.78, 5) is 22.6. The number of phenolic OH excluding ortho intramolecular Hbond substituents is 1. The first-order chi connectivity index (χ1) is 14.5. The van der Waals surface area contributed by atoms with Gasteiger partial charge in [0, 0.05) is 46.7 Å². The topological polar surface area (TPSA) is 91.5 Å². The third-order valence-electron chi connectivity index (χ3n) is 5.32. The third kappa shape index (κ3) is 3.23. The Morgan fingerprint density at radius 3 is 2.80 bits per heavy atom. The van der Waals surface area contributed by atoms with Crippen LogP contribution in [0.15, 0.2) is 41.8 Å². The molecule has 4 N–H and O–H groups in total. The number of nitrogens with two attached hydrogens (primary N) is 1. The van der Waals surface area contributed by atoms with Gasteiger partial charge in [-0.05, 0) is 48.3 Å². The summed E-state index contributed by atoms with van der Waals surface area (Å²) in [5.74, 6) is -0.122. The average molecular weight is 437 g/mol. The van der Waals surface area contributed by atoms with Gasteiger partial charge in [-0.25, -0.2) is 4.98 Å². The maximum atomic E-state index is 13.0. The molecule has 0 aliphatic carbocycles. The highest BCUT2D eigenvalue weighted by Gasteiger charge is 2.27. The maximum absolute atomic E-state index is 13.0. The number of fused-ring (bicyclic) bond motifs is 2. The Morgan fingerprint density at radius 1 is 1.27 bits per heavy atom. The van der Waals surface area contributed by atoms with Crippen molar-refractivity contribution in [2.75, 3.05) is 24.6 Å². The van der Waals surface area contributed by atoms with Crippen LogP contribution in [0.2, 0.25) is 0 Å². The number of nitrogen functional groups attached to an aromatic ring is 1. The number of phenols is 1. The molecular weight excluding hydrogens is 416 g/mol. The number of nitrogens with zero attached hydrogens (tertiary/aromatic N) is 2. The molecule has 30 heavy (non-hydrogen) atoms. The van der Waals surface area contributed by atoms with Crippen LogP contribution < -0.4 is 11.1 Å². The molecule has 4 aromatic rings. The Hall–Kier alpha value is -2.94. The number of carbonyl (C=O) groups excluding carboxylic acids is 1. The number of pyridine rings is 1. The molecule has 5 rings (SSSR count). The minimum atomic E-state index is -0.270. The highest BCUT2D eigenvalue weighted by molar-refractivity contribution is 7.21. The van der Waals surface area contributed by atoms with Gasteiger partial charge in [0.2, 0.25) is 0 Å². The fourth-order valence-corrected chi connectivity index (χ4v) is 5.68. The second kappa shape index (κ2) is 7.39. The van der Waals surface area contributed by atoms with E-state index in [0.717, 1.165) is 45.9 Å². The first-order valence-electron chi connectivity index (χ1n) is 9.58. The molecule has 8 heteroatoms. The summed E-state index contributed by atoms with van der Waals surface area (Å²) in [5.41, 5.74) is 11.0. The normalized spacial score (nSPS) is 14.0. The number of thiophene rings is 2. The zero-order chi connectivity index (χ0) is 20.8. The van der Waals surface area contributed by atoms with E-state index in [0.29, 0.717) is 16.3 Å². The van der Waals surface area contributed by atoms with Crippen LogP contribution in [0.5, 0.6) is 5.75 Å². The first kappa shape index (κ1) is 19.0. The standard InChI is InChI=1S/C22H20N4O2S2/c1-26-9-8-15-14(11-26)17(16-3-2-10-29-16)18-19(23)20(30-22(18)25-15)21(28)24-12-4-6-13(27)7-5-12/h2-7,10,27H,8-9,11,23H2,1H3,(H,24,28). The van der Waals surface area contributed by atoms with Gasteiger partial charge >= 0.3 is 0 Å². The van der Waals surface area contributed by atoms with Gasteiger partial charge in [0.05, 0.1) is 5.69 Å². The number of nitrogens with one attached hydrogen (secondary N) is 1. The predicted molar refractivity (Wildman–Crippen MR) is 123 cm³/mol. The van der Waals surface area contributed by atoms with Gasteiger partial charge < -0.3 is 21.1 Å². The molecular formula is C22H20N4O2S2. The van der Waals surface area contributed by atoms with Gasteiger partial charge in [-0.3, -0.25) is 4.79 Å². The van der Waals surface area contributed by atoms with E-state index < -0.39 is 0 Å². The largest absolute Gasteiger partial charge is 0.508 e. The highest BCUT2D eigenvalue weighted by atomic mass is 32.1. The predicted octanol–water partition coefficient (Wildman–Crippen LogP) is 4.55. The lowest BCUT2D eigenvalue weighted by molar-refractivity contribution is 0.103. The summed E-state index contributed by atoms with van der Waals surface area (Å²) in [7, 11) is 2.11. The summed E-state index contributed by atoms with van der Waals surface area (Å²) in [6, 6.07) is 10.5. The molecule has 3 aromatic heterocycles. The molecule has 0 bridgehead atoms. The molecule has 0 saturated carbocycles. The van der Waals surface area contributed by atoms with Crippen molar-refractivity contribution in [3.8, 4) is 16.2 Å². The van der Waals surface area contributed by atoms with Crippen molar-refractivity contribution >= 4 is 50.2 Å². The fourth-order valence-electron chi connectivity index (χ4n) is 3.85. The minimum absolute atomic E-state index is 0.148. The number of anilines is 2. The van der Waals surface area contributed by atoms with E-state index in [1.807, 2.05) is 6.07 Å². The maximum Gasteiger partial charge on any atom is 0.267 e. The van der Waals surface area contributed by atoms with Crippen LogP contribution in [0, 0.1) is 0 Å². The van der Waals surface area contributed by atoms with Crippen LogP contribution in [0.4, 0.5) is 11.4 Å². The molecule has 6 nitrogen and oxygen atoms in total. The fraction of sp³-hybridized carbons (Fsp3) is 0.182. The molecule has 0 radical (unpaired) electrons. The van der Waals surface area contributed by atoms with Crippen LogP contribution in [-0.4, -0.2) is 34.5 Å². The number of hydrogen-bond acceptors (Lipinski definition) is 7. The Morgan fingerprint density at radius 2 is 2.07 bits per heavy atom. The quantitative estimate of drug-likeness (QED) is 0.410. The second-order valence-electron chi connectivity index (χ2n) is 7.40. The van der Waals surface area contributed by atoms with Gasteiger partial charge in [-0.1, -0.05) is 6.07 Å². The lowest BCUT2D eigenvalue weighted by atomic mass is 9.96. The molecule has 1 amide bonds. The van der Waals surface area contributed by atoms with Gasteiger partial charge in [-0.2, -0.15) is 0 Å². The highest BCUT2D eigenvalue weighted by Crippen LogP contribution is 2.44. The van der Waals surface area contributed by atoms with Crippen LogP contribution in [0.25, 0.3) is 20.7 Å². The Bertz CT molecular complexity index is 1250. The number of rotatable bonds is 3. The average Bonchev–Trinajstić information content (AvgIpc) is 3.37. The molecule has 1 aromatic carbocycles. The van der Waals surface area contributed by atoms with E-state index in [-0.39, 0.29) is 11.7 Å². The Balaban J connectivity index is 1.65. The van der Waals surface area contributed by atoms with E-state index in [1.165, 1.54) is 29.0 Å². The second-order valence-corrected chi connectivity index (χ2v) is 9.35. The molecule has 0 fully saturated rings. The van der Waals surface area contributed by atoms with Crippen LogP contribution in [0.1, 0.15) is 20.9 Å². The zero-order valence-electron chi connectivity index (χ0n) is 16.3. The molecule has 1 aliphatic rings. The molecule has 1 aliphatic heterocycles. The van der Waals surface area contributed by atoms with Crippen molar-refractivity contribution in [1.29, 1.82) is 0 Å². The SMILES string of the molecule is CN1CCc2nc3sc(C(=O)Nc4ccc(O)cc4)c(N)c3c(-c3cccs3)c2C1. The smallest absolute Gasteiger partial charge is 0.267 e. The Labute approximate surface area is 181 Å². The first-order valence-corrected chi connectivity index (χ1v) is 11.3. The van der Waals surface area contributed by atoms with Gasteiger partial charge in [-0.15, -0.1) is 22.7 Å². The monoisotopic (exact) mass is 436 g/mol. The van der Waals surface area contributed by atoms with E-state index in [2.05, 4.69) is 28.7 Å². The van der Waals surface area contributed by atoms with Gasteiger partial charge in [0.15, 0.2) is 0 Å². The summed E-state index contributed by atoms with van der Waals surface area (Å²) in [6.07, 6.45) is 0.882. The zero-order valence-corrected chi connectivity index (χ0v) is 17.9. The summed E-state index contributed by atoms with van der Waals surface area (Å²) in [6.45, 7) is 1.78. The van der Waals surface area contributed by atoms with Crippen LogP contribution in [-0.2, 0) is 13.0 Å². The number of amides is 1. The number of benzene rings is 1. The lowest BCUT2D eigenvalue weighted by Gasteiger charge is -2.26. The number of hydrogen-bond donors (Lipinski definition) is 3. The molecule has 4 heterocycles. The number of aromatic hydroxyl groups is 1. The molecule has 0 unspecified atom stereocenters.